The molecule has 1 aliphatic carbocycles. The lowest BCUT2D eigenvalue weighted by Crippen LogP contribution is -2.13. The molecule has 3 nitrogen and oxygen atoms in total. The van der Waals surface area contributed by atoms with E-state index in [9.17, 15) is 0 Å². The van der Waals surface area contributed by atoms with Crippen LogP contribution < -0.4 is 10.1 Å². The molecule has 0 atom stereocenters. The molecule has 0 spiro atoms. The van der Waals surface area contributed by atoms with Gasteiger partial charge in [-0.2, -0.15) is 0 Å². The Balaban J connectivity index is 1.58. The molecule has 20 heavy (non-hydrogen) atoms. The zero-order valence-electron chi connectivity index (χ0n) is 11.8. The minimum Gasteiger partial charge on any atom is -0.481 e. The van der Waals surface area contributed by atoms with Crippen LogP contribution in [0.25, 0.3) is 0 Å². The summed E-state index contributed by atoms with van der Waals surface area (Å²) in [6, 6.07) is 12.9. The second-order valence-electron chi connectivity index (χ2n) is 5.29. The molecule has 0 amide bonds. The summed E-state index contributed by atoms with van der Waals surface area (Å²) in [4.78, 5) is 4.21. The van der Waals surface area contributed by atoms with Gasteiger partial charge in [0.25, 0.3) is 0 Å². The van der Waals surface area contributed by atoms with Gasteiger partial charge in [-0.05, 0) is 36.0 Å². The second kappa shape index (κ2) is 6.06. The topological polar surface area (TPSA) is 34.1 Å². The molecule has 104 valence electrons. The van der Waals surface area contributed by atoms with Crippen LogP contribution in [0.4, 0.5) is 0 Å². The number of aromatic nitrogens is 1. The van der Waals surface area contributed by atoms with Gasteiger partial charge in [0, 0.05) is 24.8 Å². The molecule has 1 aromatic carbocycles. The first kappa shape index (κ1) is 13.1. The van der Waals surface area contributed by atoms with Crippen molar-refractivity contribution in [1.29, 1.82) is 0 Å². The molecule has 0 bridgehead atoms. The Morgan fingerprint density at radius 2 is 2.10 bits per heavy atom. The summed E-state index contributed by atoms with van der Waals surface area (Å²) < 4.78 is 5.26. The van der Waals surface area contributed by atoms with Gasteiger partial charge in [-0.15, -0.1) is 0 Å². The number of rotatable bonds is 6. The molecule has 0 saturated heterocycles. The summed E-state index contributed by atoms with van der Waals surface area (Å²) in [5.41, 5.74) is 3.92. The van der Waals surface area contributed by atoms with E-state index in [0.717, 1.165) is 24.6 Å². The van der Waals surface area contributed by atoms with Gasteiger partial charge in [-0.25, -0.2) is 4.98 Å². The molecule has 1 saturated carbocycles. The predicted octanol–water partition coefficient (Wildman–Crippen LogP) is 3.26. The fourth-order valence-corrected chi connectivity index (χ4v) is 2.46. The lowest BCUT2D eigenvalue weighted by Gasteiger charge is -2.09. The molecular weight excluding hydrogens is 248 g/mol. The lowest BCUT2D eigenvalue weighted by atomic mass is 10.1. The van der Waals surface area contributed by atoms with Gasteiger partial charge < -0.3 is 10.1 Å². The lowest BCUT2D eigenvalue weighted by molar-refractivity contribution is 0.390. The quantitative estimate of drug-likeness (QED) is 0.873. The molecule has 2 aromatic rings. The van der Waals surface area contributed by atoms with E-state index in [1.807, 2.05) is 12.1 Å². The third kappa shape index (κ3) is 3.17. The van der Waals surface area contributed by atoms with E-state index < -0.39 is 0 Å². The van der Waals surface area contributed by atoms with Gasteiger partial charge in [-0.1, -0.05) is 30.3 Å². The summed E-state index contributed by atoms with van der Waals surface area (Å²) in [5, 5.41) is 3.46. The van der Waals surface area contributed by atoms with Crippen LogP contribution >= 0.6 is 0 Å². The van der Waals surface area contributed by atoms with E-state index in [0.29, 0.717) is 5.88 Å². The molecule has 1 N–H and O–H groups in total. The normalized spacial score (nSPS) is 14.2. The predicted molar refractivity (Wildman–Crippen MR) is 79.7 cm³/mol. The number of ether oxygens (including phenoxy) is 1. The maximum atomic E-state index is 5.26. The van der Waals surface area contributed by atoms with Gasteiger partial charge >= 0.3 is 0 Å². The highest BCUT2D eigenvalue weighted by Gasteiger charge is 2.23. The van der Waals surface area contributed by atoms with Crippen LogP contribution in [0.15, 0.2) is 42.6 Å². The van der Waals surface area contributed by atoms with Crippen molar-refractivity contribution >= 4 is 0 Å². The van der Waals surface area contributed by atoms with Gasteiger partial charge in [0.05, 0.1) is 7.11 Å². The molecular formula is C17H20N2O. The van der Waals surface area contributed by atoms with Crippen molar-refractivity contribution in [3.05, 3.63) is 59.3 Å². The SMILES string of the molecule is COc1ncccc1CNCc1cccc(C2CC2)c1. The van der Waals surface area contributed by atoms with Gasteiger partial charge in [0.15, 0.2) is 0 Å². The average Bonchev–Trinajstić information content (AvgIpc) is 3.33. The fourth-order valence-electron chi connectivity index (χ4n) is 2.46. The van der Waals surface area contributed by atoms with Gasteiger partial charge in [0.2, 0.25) is 5.88 Å². The molecule has 1 heterocycles. The summed E-state index contributed by atoms with van der Waals surface area (Å²) >= 11 is 0. The van der Waals surface area contributed by atoms with Crippen LogP contribution in [0.1, 0.15) is 35.4 Å². The standard InChI is InChI=1S/C17H20N2O/c1-20-17-16(6-3-9-19-17)12-18-11-13-4-2-5-15(10-13)14-7-8-14/h2-6,9-10,14,18H,7-8,11-12H2,1H3. The van der Waals surface area contributed by atoms with Crippen LogP contribution in [0.3, 0.4) is 0 Å². The molecule has 1 aliphatic rings. The van der Waals surface area contributed by atoms with E-state index in [1.54, 1.807) is 13.3 Å². The Morgan fingerprint density at radius 1 is 1.20 bits per heavy atom. The minimum atomic E-state index is 0.701. The molecule has 3 rings (SSSR count). The fraction of sp³-hybridized carbons (Fsp3) is 0.353. The average molecular weight is 268 g/mol. The number of nitrogens with one attached hydrogen (secondary N) is 1. The van der Waals surface area contributed by atoms with Crippen LogP contribution in [0, 0.1) is 0 Å². The van der Waals surface area contributed by atoms with Crippen LogP contribution in [0.5, 0.6) is 5.88 Å². The van der Waals surface area contributed by atoms with E-state index >= 15 is 0 Å². The van der Waals surface area contributed by atoms with Crippen LogP contribution in [-0.4, -0.2) is 12.1 Å². The first-order chi connectivity index (χ1) is 9.86. The number of hydrogen-bond donors (Lipinski definition) is 1. The van der Waals surface area contributed by atoms with E-state index in [4.69, 9.17) is 4.74 Å². The monoisotopic (exact) mass is 268 g/mol. The van der Waals surface area contributed by atoms with Crippen molar-refractivity contribution in [2.24, 2.45) is 0 Å². The van der Waals surface area contributed by atoms with E-state index in [-0.39, 0.29) is 0 Å². The maximum absolute atomic E-state index is 5.26. The Morgan fingerprint density at radius 3 is 2.90 bits per heavy atom. The first-order valence-electron chi connectivity index (χ1n) is 7.14. The number of nitrogens with zero attached hydrogens (tertiary/aromatic N) is 1. The van der Waals surface area contributed by atoms with Crippen molar-refractivity contribution in [3.8, 4) is 5.88 Å². The highest BCUT2D eigenvalue weighted by molar-refractivity contribution is 5.29. The second-order valence-corrected chi connectivity index (χ2v) is 5.29. The maximum Gasteiger partial charge on any atom is 0.217 e. The Labute approximate surface area is 120 Å². The Kier molecular flexibility index (Phi) is 3.97. The van der Waals surface area contributed by atoms with Crippen molar-refractivity contribution in [2.45, 2.75) is 31.8 Å². The molecule has 3 heteroatoms. The smallest absolute Gasteiger partial charge is 0.217 e. The van der Waals surface area contributed by atoms with Crippen LogP contribution in [-0.2, 0) is 13.1 Å². The summed E-state index contributed by atoms with van der Waals surface area (Å²) in [6.07, 6.45) is 4.45. The van der Waals surface area contributed by atoms with Crippen molar-refractivity contribution in [3.63, 3.8) is 0 Å². The number of benzene rings is 1. The molecule has 0 radical (unpaired) electrons. The van der Waals surface area contributed by atoms with E-state index in [2.05, 4.69) is 34.6 Å². The molecule has 0 unspecified atom stereocenters. The Hall–Kier alpha value is -1.87. The van der Waals surface area contributed by atoms with Gasteiger partial charge in [0.1, 0.15) is 0 Å². The van der Waals surface area contributed by atoms with Crippen molar-refractivity contribution < 1.29 is 4.74 Å². The summed E-state index contributed by atoms with van der Waals surface area (Å²) in [5.74, 6) is 1.51. The zero-order valence-corrected chi connectivity index (χ0v) is 11.8. The largest absolute Gasteiger partial charge is 0.481 e. The minimum absolute atomic E-state index is 0.701. The number of hydrogen-bond acceptors (Lipinski definition) is 3. The third-order valence-electron chi connectivity index (χ3n) is 3.69. The Bertz CT molecular complexity index is 579. The highest BCUT2D eigenvalue weighted by Crippen LogP contribution is 2.40. The van der Waals surface area contributed by atoms with E-state index in [1.165, 1.54) is 24.0 Å². The molecule has 1 aromatic heterocycles. The van der Waals surface area contributed by atoms with Crippen LogP contribution in [0.2, 0.25) is 0 Å². The first-order valence-corrected chi connectivity index (χ1v) is 7.14. The summed E-state index contributed by atoms with van der Waals surface area (Å²) in [7, 11) is 1.66. The summed E-state index contributed by atoms with van der Waals surface area (Å²) in [6.45, 7) is 1.64. The molecule has 0 aliphatic heterocycles. The highest BCUT2D eigenvalue weighted by atomic mass is 16.5. The number of methoxy groups -OCH3 is 1. The van der Waals surface area contributed by atoms with Gasteiger partial charge in [-0.3, -0.25) is 0 Å². The zero-order chi connectivity index (χ0) is 13.8. The van der Waals surface area contributed by atoms with Crippen molar-refractivity contribution in [1.82, 2.24) is 10.3 Å². The third-order valence-corrected chi connectivity index (χ3v) is 3.69. The molecule has 1 fully saturated rings. The van der Waals surface area contributed by atoms with Crippen molar-refractivity contribution in [2.75, 3.05) is 7.11 Å². The number of pyridine rings is 1.